The van der Waals surface area contributed by atoms with Crippen LogP contribution in [0, 0.1) is 17.8 Å². The van der Waals surface area contributed by atoms with Crippen LogP contribution in [0.4, 0.5) is 0 Å². The molecule has 1 aliphatic carbocycles. The molecule has 0 unspecified atom stereocenters. The summed E-state index contributed by atoms with van der Waals surface area (Å²) in [6, 6.07) is 8.91. The highest BCUT2D eigenvalue weighted by atomic mass is 16.6. The Kier molecular flexibility index (Phi) is 7.48. The van der Waals surface area contributed by atoms with Crippen LogP contribution < -0.4 is 0 Å². The molecular weight excluding hydrogens is 368 g/mol. The van der Waals surface area contributed by atoms with Gasteiger partial charge in [-0.05, 0) is 24.5 Å². The Morgan fingerprint density at radius 2 is 2.10 bits per heavy atom. The van der Waals surface area contributed by atoms with Crippen molar-refractivity contribution < 1.29 is 24.2 Å². The van der Waals surface area contributed by atoms with E-state index in [1.165, 1.54) is 6.42 Å². The van der Waals surface area contributed by atoms with Crippen molar-refractivity contribution in [3.05, 3.63) is 48.0 Å². The monoisotopic (exact) mass is 400 g/mol. The molecule has 0 radical (unpaired) electrons. The van der Waals surface area contributed by atoms with Crippen LogP contribution in [0.5, 0.6) is 0 Å². The highest BCUT2D eigenvalue weighted by Gasteiger charge is 2.50. The first-order valence-electron chi connectivity index (χ1n) is 10.8. The number of aliphatic hydroxyl groups excluding tert-OH is 1. The maximum absolute atomic E-state index is 12.5. The molecule has 3 rings (SSSR count). The van der Waals surface area contributed by atoms with Gasteiger partial charge in [-0.1, -0.05) is 63.5 Å². The maximum atomic E-state index is 12.5. The maximum Gasteiger partial charge on any atom is 0.338 e. The molecule has 1 N–H and O–H groups in total. The molecular formula is C24H32O5. The summed E-state index contributed by atoms with van der Waals surface area (Å²) >= 11 is 0. The fourth-order valence-electron chi connectivity index (χ4n) is 4.49. The fraction of sp³-hybridized carbons (Fsp3) is 0.583. The number of unbranched alkanes of at least 4 members (excludes halogenated alkanes) is 1. The lowest BCUT2D eigenvalue weighted by Gasteiger charge is -2.21. The molecule has 1 heterocycles. The van der Waals surface area contributed by atoms with Gasteiger partial charge in [0, 0.05) is 18.3 Å². The second kappa shape index (κ2) is 10.1. The predicted octanol–water partition coefficient (Wildman–Crippen LogP) is 4.30. The average molecular weight is 401 g/mol. The molecule has 1 aromatic rings. The zero-order chi connectivity index (χ0) is 20.8. The molecule has 0 aromatic heterocycles. The minimum atomic E-state index is -0.538. The third kappa shape index (κ3) is 5.69. The van der Waals surface area contributed by atoms with Crippen molar-refractivity contribution in [1.82, 2.24) is 0 Å². The summed E-state index contributed by atoms with van der Waals surface area (Å²) in [7, 11) is 0. The van der Waals surface area contributed by atoms with Gasteiger partial charge in [-0.2, -0.15) is 0 Å². The quantitative estimate of drug-likeness (QED) is 0.494. The first-order valence-corrected chi connectivity index (χ1v) is 10.8. The third-order valence-electron chi connectivity index (χ3n) is 6.07. The lowest BCUT2D eigenvalue weighted by molar-refractivity contribution is -0.141. The molecule has 0 spiro atoms. The van der Waals surface area contributed by atoms with Crippen molar-refractivity contribution >= 4 is 11.9 Å². The van der Waals surface area contributed by atoms with Crippen LogP contribution in [-0.4, -0.2) is 35.4 Å². The van der Waals surface area contributed by atoms with Gasteiger partial charge in [0.05, 0.1) is 18.1 Å². The number of benzene rings is 1. The van der Waals surface area contributed by atoms with Gasteiger partial charge < -0.3 is 14.6 Å². The van der Waals surface area contributed by atoms with Crippen LogP contribution in [0.25, 0.3) is 0 Å². The number of rotatable bonds is 9. The zero-order valence-corrected chi connectivity index (χ0v) is 17.3. The average Bonchev–Trinajstić information content (AvgIpc) is 3.20. The van der Waals surface area contributed by atoms with Crippen molar-refractivity contribution in [3.63, 3.8) is 0 Å². The van der Waals surface area contributed by atoms with E-state index in [0.717, 1.165) is 12.8 Å². The lowest BCUT2D eigenvalue weighted by atomic mass is 9.90. The molecule has 1 aliphatic heterocycles. The summed E-state index contributed by atoms with van der Waals surface area (Å²) in [5.74, 6) is -0.236. The summed E-state index contributed by atoms with van der Waals surface area (Å²) in [5, 5.41) is 10.4. The van der Waals surface area contributed by atoms with E-state index in [-0.39, 0.29) is 36.0 Å². The molecule has 1 saturated heterocycles. The summed E-state index contributed by atoms with van der Waals surface area (Å²) in [6.45, 7) is 4.33. The number of ether oxygens (including phenoxy) is 2. The standard InChI is InChI=1S/C24H32O5/c1-3-4-8-16(2)13-18(25)11-12-19-20-14-23(26)28-22(20)15-21(19)29-24(27)17-9-6-5-7-10-17/h5-7,9-12,16,18-22,25H,3-4,8,13-15H2,1-2H3/b12-11+/t16-,18+,19+,20+,21+,22-/m0/s1. The topological polar surface area (TPSA) is 72.8 Å². The van der Waals surface area contributed by atoms with Crippen molar-refractivity contribution in [2.75, 3.05) is 0 Å². The number of aliphatic hydroxyl groups is 1. The number of carbonyl (C=O) groups excluding carboxylic acids is 2. The molecule has 0 amide bonds. The summed E-state index contributed by atoms with van der Waals surface area (Å²) in [4.78, 5) is 24.2. The van der Waals surface area contributed by atoms with E-state index in [0.29, 0.717) is 30.7 Å². The van der Waals surface area contributed by atoms with Gasteiger partial charge in [0.15, 0.2) is 0 Å². The van der Waals surface area contributed by atoms with Gasteiger partial charge in [-0.15, -0.1) is 0 Å². The van der Waals surface area contributed by atoms with E-state index in [1.54, 1.807) is 24.3 Å². The second-order valence-electron chi connectivity index (χ2n) is 8.45. The van der Waals surface area contributed by atoms with Crippen molar-refractivity contribution in [3.8, 4) is 0 Å². The zero-order valence-electron chi connectivity index (χ0n) is 17.3. The van der Waals surface area contributed by atoms with E-state index >= 15 is 0 Å². The molecule has 6 atom stereocenters. The Hall–Kier alpha value is -2.14. The Bertz CT molecular complexity index is 713. The molecule has 2 aliphatic rings. The molecule has 29 heavy (non-hydrogen) atoms. The molecule has 5 heteroatoms. The number of fused-ring (bicyclic) bond motifs is 1. The van der Waals surface area contributed by atoms with Crippen LogP contribution in [-0.2, 0) is 14.3 Å². The summed E-state index contributed by atoms with van der Waals surface area (Å²) in [6.07, 6.45) is 7.62. The highest BCUT2D eigenvalue weighted by Crippen LogP contribution is 2.43. The molecule has 1 aromatic carbocycles. The second-order valence-corrected chi connectivity index (χ2v) is 8.45. The van der Waals surface area contributed by atoms with Crippen molar-refractivity contribution in [2.45, 2.75) is 70.7 Å². The Balaban J connectivity index is 1.65. The van der Waals surface area contributed by atoms with Gasteiger partial charge in [0.1, 0.15) is 12.2 Å². The number of esters is 2. The minimum Gasteiger partial charge on any atom is -0.462 e. The Morgan fingerprint density at radius 3 is 2.83 bits per heavy atom. The lowest BCUT2D eigenvalue weighted by Crippen LogP contribution is -2.25. The van der Waals surface area contributed by atoms with Crippen LogP contribution in [0.15, 0.2) is 42.5 Å². The number of hydrogen-bond acceptors (Lipinski definition) is 5. The van der Waals surface area contributed by atoms with Gasteiger partial charge >= 0.3 is 11.9 Å². The van der Waals surface area contributed by atoms with Gasteiger partial charge in [0.25, 0.3) is 0 Å². The van der Waals surface area contributed by atoms with Crippen LogP contribution in [0.1, 0.15) is 62.7 Å². The Morgan fingerprint density at radius 1 is 1.34 bits per heavy atom. The Labute approximate surface area is 173 Å². The van der Waals surface area contributed by atoms with Gasteiger partial charge in [0.2, 0.25) is 0 Å². The summed E-state index contributed by atoms with van der Waals surface area (Å²) in [5.41, 5.74) is 0.508. The van der Waals surface area contributed by atoms with E-state index in [9.17, 15) is 14.7 Å². The highest BCUT2D eigenvalue weighted by molar-refractivity contribution is 5.89. The molecule has 0 bridgehead atoms. The van der Waals surface area contributed by atoms with E-state index < -0.39 is 6.10 Å². The normalized spacial score (nSPS) is 28.2. The van der Waals surface area contributed by atoms with Crippen LogP contribution in [0.2, 0.25) is 0 Å². The first kappa shape index (κ1) is 21.6. The van der Waals surface area contributed by atoms with Crippen molar-refractivity contribution in [1.29, 1.82) is 0 Å². The van der Waals surface area contributed by atoms with Crippen molar-refractivity contribution in [2.24, 2.45) is 17.8 Å². The van der Waals surface area contributed by atoms with Crippen LogP contribution in [0.3, 0.4) is 0 Å². The molecule has 5 nitrogen and oxygen atoms in total. The minimum absolute atomic E-state index is 0.00274. The van der Waals surface area contributed by atoms with Gasteiger partial charge in [-0.25, -0.2) is 4.79 Å². The smallest absolute Gasteiger partial charge is 0.338 e. The SMILES string of the molecule is CCCC[C@H](C)C[C@H](O)/C=C/[C@@H]1[C@H]2CC(=O)O[C@H]2C[C@H]1OC(=O)c1ccccc1. The summed E-state index contributed by atoms with van der Waals surface area (Å²) < 4.78 is 11.2. The van der Waals surface area contributed by atoms with Crippen LogP contribution >= 0.6 is 0 Å². The van der Waals surface area contributed by atoms with E-state index in [4.69, 9.17) is 9.47 Å². The largest absolute Gasteiger partial charge is 0.462 e. The van der Waals surface area contributed by atoms with E-state index in [1.807, 2.05) is 18.2 Å². The molecule has 2 fully saturated rings. The van der Waals surface area contributed by atoms with Gasteiger partial charge in [-0.3, -0.25) is 4.79 Å². The number of carbonyl (C=O) groups is 2. The first-order chi connectivity index (χ1) is 14.0. The predicted molar refractivity (Wildman–Crippen MR) is 110 cm³/mol. The van der Waals surface area contributed by atoms with E-state index in [2.05, 4.69) is 13.8 Å². The molecule has 158 valence electrons. The third-order valence-corrected chi connectivity index (χ3v) is 6.07. The molecule has 1 saturated carbocycles. The fourth-order valence-corrected chi connectivity index (χ4v) is 4.49. The number of hydrogen-bond donors (Lipinski definition) is 1.